The van der Waals surface area contributed by atoms with Crippen molar-refractivity contribution in [3.8, 4) is 0 Å². The van der Waals surface area contributed by atoms with E-state index in [1.165, 1.54) is 0 Å². The van der Waals surface area contributed by atoms with Crippen LogP contribution in [-0.4, -0.2) is 61.3 Å². The molecule has 0 spiro atoms. The summed E-state index contributed by atoms with van der Waals surface area (Å²) in [5, 5.41) is 16.5. The first-order chi connectivity index (χ1) is 14.0. The van der Waals surface area contributed by atoms with E-state index < -0.39 is 5.82 Å². The van der Waals surface area contributed by atoms with E-state index in [-0.39, 0.29) is 6.04 Å². The minimum Gasteiger partial charge on any atom is -0.344 e. The van der Waals surface area contributed by atoms with E-state index in [4.69, 9.17) is 0 Å². The number of aromatic amines is 1. The topological polar surface area (TPSA) is 132 Å². The maximum atomic E-state index is 13.1. The average Bonchev–Trinajstić information content (AvgIpc) is 3.06. The van der Waals surface area contributed by atoms with Gasteiger partial charge >= 0.3 is 0 Å². The number of nitrogens with one attached hydrogen (secondary N) is 4. The third kappa shape index (κ3) is 4.37. The predicted octanol–water partition coefficient (Wildman–Crippen LogP) is 1.16. The molecule has 0 radical (unpaired) electrons. The lowest BCUT2D eigenvalue weighted by Crippen LogP contribution is -2.57. The molecule has 1 fully saturated rings. The highest BCUT2D eigenvalue weighted by molar-refractivity contribution is 5.53. The molecule has 0 saturated carbocycles. The molecule has 3 aromatic heterocycles. The van der Waals surface area contributed by atoms with Crippen LogP contribution in [0, 0.1) is 12.7 Å². The van der Waals surface area contributed by atoms with Crippen LogP contribution >= 0.6 is 0 Å². The summed E-state index contributed by atoms with van der Waals surface area (Å²) in [5.41, 5.74) is 0.918. The van der Waals surface area contributed by atoms with Crippen LogP contribution in [0.15, 0.2) is 18.5 Å². The molecular weight excluding hydrogens is 377 g/mol. The smallest absolute Gasteiger partial charge is 0.235 e. The monoisotopic (exact) mass is 399 g/mol. The van der Waals surface area contributed by atoms with Crippen molar-refractivity contribution in [3.05, 3.63) is 35.8 Å². The Bertz CT molecular complexity index is 968. The maximum absolute atomic E-state index is 13.1. The molecule has 12 heteroatoms. The second-order valence-corrected chi connectivity index (χ2v) is 6.86. The van der Waals surface area contributed by atoms with Crippen molar-refractivity contribution in [2.45, 2.75) is 25.9 Å². The number of hydrogen-bond acceptors (Lipinski definition) is 10. The van der Waals surface area contributed by atoms with E-state index in [2.05, 4.69) is 51.1 Å². The summed E-state index contributed by atoms with van der Waals surface area (Å²) in [4.78, 5) is 23.5. The SMILES string of the molecule is CNC1CN(c2nc(Nc3cc(C)[nH]n3)nc(NC(C)c3ncc(F)cn3)n2)C1. The van der Waals surface area contributed by atoms with Gasteiger partial charge in [-0.15, -0.1) is 0 Å². The minimum atomic E-state index is -0.485. The Morgan fingerprint density at radius 2 is 1.90 bits per heavy atom. The third-order valence-electron chi connectivity index (χ3n) is 4.52. The molecule has 152 valence electrons. The van der Waals surface area contributed by atoms with Crippen molar-refractivity contribution in [3.63, 3.8) is 0 Å². The van der Waals surface area contributed by atoms with Gasteiger partial charge in [-0.1, -0.05) is 0 Å². The van der Waals surface area contributed by atoms with Crippen LogP contribution < -0.4 is 20.9 Å². The summed E-state index contributed by atoms with van der Waals surface area (Å²) in [5.74, 6) is 1.83. The van der Waals surface area contributed by atoms with Gasteiger partial charge in [0.1, 0.15) is 5.82 Å². The van der Waals surface area contributed by atoms with Crippen LogP contribution in [-0.2, 0) is 0 Å². The zero-order valence-electron chi connectivity index (χ0n) is 16.3. The molecule has 0 bridgehead atoms. The molecule has 0 amide bonds. The summed E-state index contributed by atoms with van der Waals surface area (Å²) < 4.78 is 13.1. The van der Waals surface area contributed by atoms with Crippen LogP contribution in [0.3, 0.4) is 0 Å². The number of likely N-dealkylation sites (N-methyl/N-ethyl adjacent to an activating group) is 1. The molecule has 4 heterocycles. The fraction of sp³-hybridized carbons (Fsp3) is 0.412. The fourth-order valence-electron chi connectivity index (χ4n) is 2.85. The molecule has 3 aromatic rings. The van der Waals surface area contributed by atoms with Crippen molar-refractivity contribution >= 4 is 23.7 Å². The first-order valence-electron chi connectivity index (χ1n) is 9.21. The summed E-state index contributed by atoms with van der Waals surface area (Å²) in [6.45, 7) is 5.36. The lowest BCUT2D eigenvalue weighted by Gasteiger charge is -2.39. The summed E-state index contributed by atoms with van der Waals surface area (Å²) in [7, 11) is 1.93. The van der Waals surface area contributed by atoms with Crippen molar-refractivity contribution < 1.29 is 4.39 Å². The highest BCUT2D eigenvalue weighted by atomic mass is 19.1. The second-order valence-electron chi connectivity index (χ2n) is 6.86. The zero-order chi connectivity index (χ0) is 20.4. The molecule has 1 saturated heterocycles. The van der Waals surface area contributed by atoms with Gasteiger partial charge in [-0.3, -0.25) is 5.10 Å². The molecule has 11 nitrogen and oxygen atoms in total. The lowest BCUT2D eigenvalue weighted by atomic mass is 10.1. The van der Waals surface area contributed by atoms with Gasteiger partial charge in [0.25, 0.3) is 0 Å². The van der Waals surface area contributed by atoms with Gasteiger partial charge in [0.2, 0.25) is 17.8 Å². The van der Waals surface area contributed by atoms with Crippen molar-refractivity contribution in [1.82, 2.24) is 40.4 Å². The molecule has 4 N–H and O–H groups in total. The summed E-state index contributed by atoms with van der Waals surface area (Å²) in [6.07, 6.45) is 2.26. The van der Waals surface area contributed by atoms with Crippen molar-refractivity contribution in [2.75, 3.05) is 35.7 Å². The highest BCUT2D eigenvalue weighted by Crippen LogP contribution is 2.22. The number of nitrogens with zero attached hydrogens (tertiary/aromatic N) is 7. The largest absolute Gasteiger partial charge is 0.344 e. The number of anilines is 4. The normalized spacial score (nSPS) is 15.1. The third-order valence-corrected chi connectivity index (χ3v) is 4.52. The number of aryl methyl sites for hydroxylation is 1. The van der Waals surface area contributed by atoms with E-state index in [0.717, 1.165) is 31.2 Å². The van der Waals surface area contributed by atoms with Crippen LogP contribution in [0.4, 0.5) is 28.1 Å². The van der Waals surface area contributed by atoms with Gasteiger partial charge in [0, 0.05) is 30.9 Å². The van der Waals surface area contributed by atoms with E-state index in [1.54, 1.807) is 0 Å². The standard InChI is InChI=1S/C17H22FN11/c1-9-4-13(28-27-9)23-16-24-15(22-10(2)14-20-5-11(18)6-21-14)25-17(26-16)29-7-12(8-29)19-3/h4-6,10,12,19H,7-8H2,1-3H3,(H3,22,23,24,25,26,27,28). The number of halogens is 1. The number of H-pyrrole nitrogens is 1. The molecular formula is C17H22FN11. The maximum Gasteiger partial charge on any atom is 0.235 e. The van der Waals surface area contributed by atoms with E-state index in [9.17, 15) is 4.39 Å². The van der Waals surface area contributed by atoms with Gasteiger partial charge in [0.15, 0.2) is 11.6 Å². The lowest BCUT2D eigenvalue weighted by molar-refractivity contribution is 0.443. The van der Waals surface area contributed by atoms with Crippen LogP contribution in [0.25, 0.3) is 0 Å². The molecule has 1 aliphatic rings. The second kappa shape index (κ2) is 7.91. The van der Waals surface area contributed by atoms with Gasteiger partial charge in [-0.05, 0) is 20.9 Å². The number of hydrogen-bond donors (Lipinski definition) is 4. The van der Waals surface area contributed by atoms with E-state index in [1.807, 2.05) is 31.9 Å². The Labute approximate surface area is 166 Å². The van der Waals surface area contributed by atoms with Crippen LogP contribution in [0.1, 0.15) is 24.5 Å². The molecule has 1 unspecified atom stereocenters. The number of aromatic nitrogens is 7. The minimum absolute atomic E-state index is 0.326. The Morgan fingerprint density at radius 1 is 1.17 bits per heavy atom. The molecule has 1 aliphatic heterocycles. The first kappa shape index (κ1) is 18.9. The van der Waals surface area contributed by atoms with E-state index >= 15 is 0 Å². The van der Waals surface area contributed by atoms with Gasteiger partial charge in [0.05, 0.1) is 18.4 Å². The van der Waals surface area contributed by atoms with Crippen LogP contribution in [0.2, 0.25) is 0 Å². The molecule has 0 aromatic carbocycles. The van der Waals surface area contributed by atoms with Gasteiger partial charge in [-0.2, -0.15) is 20.1 Å². The molecule has 29 heavy (non-hydrogen) atoms. The Kier molecular flexibility index (Phi) is 5.16. The van der Waals surface area contributed by atoms with Crippen molar-refractivity contribution in [1.29, 1.82) is 0 Å². The quantitative estimate of drug-likeness (QED) is 0.459. The van der Waals surface area contributed by atoms with E-state index in [0.29, 0.717) is 35.5 Å². The fourth-order valence-corrected chi connectivity index (χ4v) is 2.85. The first-order valence-corrected chi connectivity index (χ1v) is 9.21. The van der Waals surface area contributed by atoms with Crippen LogP contribution in [0.5, 0.6) is 0 Å². The van der Waals surface area contributed by atoms with Gasteiger partial charge < -0.3 is 20.9 Å². The molecule has 4 rings (SSSR count). The Hall–Kier alpha value is -3.41. The Morgan fingerprint density at radius 3 is 2.55 bits per heavy atom. The molecule has 0 aliphatic carbocycles. The predicted molar refractivity (Wildman–Crippen MR) is 106 cm³/mol. The molecule has 1 atom stereocenters. The van der Waals surface area contributed by atoms with Gasteiger partial charge in [-0.25, -0.2) is 14.4 Å². The summed E-state index contributed by atoms with van der Waals surface area (Å²) >= 11 is 0. The average molecular weight is 399 g/mol. The highest BCUT2D eigenvalue weighted by Gasteiger charge is 2.28. The van der Waals surface area contributed by atoms with Crippen molar-refractivity contribution in [2.24, 2.45) is 0 Å². The summed E-state index contributed by atoms with van der Waals surface area (Å²) in [6, 6.07) is 1.93. The Balaban J connectivity index is 1.57. The zero-order valence-corrected chi connectivity index (χ0v) is 16.3. The number of rotatable bonds is 7.